The minimum atomic E-state index is -0.604. The van der Waals surface area contributed by atoms with Gasteiger partial charge in [0.15, 0.2) is 11.4 Å². The SMILES string of the molecule is Cc1cc(F)ccc1-n1cc(O)c(C(=O)Nc2ccc(-n3ccnc3)c(Cl)c2)n1. The molecule has 4 rings (SSSR count). The average Bonchev–Trinajstić information content (AvgIpc) is 3.32. The number of carbonyl (C=O) groups is 1. The van der Waals surface area contributed by atoms with Gasteiger partial charge in [0.1, 0.15) is 5.82 Å². The summed E-state index contributed by atoms with van der Waals surface area (Å²) in [4.78, 5) is 16.6. The summed E-state index contributed by atoms with van der Waals surface area (Å²) in [6.07, 6.45) is 6.29. The second-order valence-corrected chi connectivity index (χ2v) is 6.74. The lowest BCUT2D eigenvalue weighted by Crippen LogP contribution is -2.13. The first-order valence-electron chi connectivity index (χ1n) is 8.57. The summed E-state index contributed by atoms with van der Waals surface area (Å²) in [5.41, 5.74) is 2.15. The first kappa shape index (κ1) is 18.7. The lowest BCUT2D eigenvalue weighted by Gasteiger charge is -2.09. The maximum absolute atomic E-state index is 13.3. The first-order valence-corrected chi connectivity index (χ1v) is 8.94. The third-order valence-corrected chi connectivity index (χ3v) is 4.61. The van der Waals surface area contributed by atoms with Gasteiger partial charge in [-0.3, -0.25) is 4.79 Å². The van der Waals surface area contributed by atoms with Crippen molar-refractivity contribution < 1.29 is 14.3 Å². The quantitative estimate of drug-likeness (QED) is 0.529. The van der Waals surface area contributed by atoms with E-state index in [1.54, 1.807) is 48.4 Å². The Morgan fingerprint density at radius 1 is 1.21 bits per heavy atom. The van der Waals surface area contributed by atoms with E-state index in [1.807, 2.05) is 0 Å². The van der Waals surface area contributed by atoms with Crippen molar-refractivity contribution >= 4 is 23.2 Å². The fourth-order valence-electron chi connectivity index (χ4n) is 2.91. The molecule has 0 aliphatic rings. The topological polar surface area (TPSA) is 85.0 Å². The highest BCUT2D eigenvalue weighted by atomic mass is 35.5. The number of halogens is 2. The summed E-state index contributed by atoms with van der Waals surface area (Å²) in [6, 6.07) is 9.15. The van der Waals surface area contributed by atoms with Crippen LogP contribution in [0, 0.1) is 12.7 Å². The van der Waals surface area contributed by atoms with E-state index in [1.165, 1.54) is 29.1 Å². The largest absolute Gasteiger partial charge is 0.504 e. The van der Waals surface area contributed by atoms with Crippen LogP contribution in [0.15, 0.2) is 61.3 Å². The minimum absolute atomic E-state index is 0.163. The second kappa shape index (κ2) is 7.40. The number of imidazole rings is 1. The van der Waals surface area contributed by atoms with Crippen molar-refractivity contribution in [1.29, 1.82) is 0 Å². The highest BCUT2D eigenvalue weighted by molar-refractivity contribution is 6.32. The second-order valence-electron chi connectivity index (χ2n) is 6.33. The molecule has 0 fully saturated rings. The first-order chi connectivity index (χ1) is 13.9. The van der Waals surface area contributed by atoms with Crippen LogP contribution in [0.3, 0.4) is 0 Å². The van der Waals surface area contributed by atoms with Crippen molar-refractivity contribution in [3.8, 4) is 17.1 Å². The Labute approximate surface area is 170 Å². The molecular weight excluding hydrogens is 397 g/mol. The summed E-state index contributed by atoms with van der Waals surface area (Å²) in [6.45, 7) is 1.71. The third kappa shape index (κ3) is 3.70. The molecule has 146 valence electrons. The Kier molecular flexibility index (Phi) is 4.77. The Hall–Kier alpha value is -3.65. The van der Waals surface area contributed by atoms with Gasteiger partial charge in [0.25, 0.3) is 5.91 Å². The van der Waals surface area contributed by atoms with Gasteiger partial charge in [-0.2, -0.15) is 5.10 Å². The third-order valence-electron chi connectivity index (χ3n) is 4.30. The molecule has 0 spiro atoms. The Bertz CT molecular complexity index is 1200. The molecule has 9 heteroatoms. The van der Waals surface area contributed by atoms with Crippen LogP contribution >= 0.6 is 11.6 Å². The number of aryl methyl sites for hydroxylation is 1. The highest BCUT2D eigenvalue weighted by Crippen LogP contribution is 2.26. The summed E-state index contributed by atoms with van der Waals surface area (Å²) in [5.74, 6) is -1.28. The molecule has 0 aliphatic heterocycles. The molecule has 2 N–H and O–H groups in total. The Morgan fingerprint density at radius 2 is 2.00 bits per heavy atom. The number of carbonyl (C=O) groups excluding carboxylic acids is 1. The van der Waals surface area contributed by atoms with Crippen molar-refractivity contribution in [2.24, 2.45) is 0 Å². The molecule has 2 aromatic heterocycles. The van der Waals surface area contributed by atoms with E-state index in [-0.39, 0.29) is 17.3 Å². The van der Waals surface area contributed by atoms with E-state index in [0.717, 1.165) is 0 Å². The number of rotatable bonds is 4. The van der Waals surface area contributed by atoms with Gasteiger partial charge in [-0.25, -0.2) is 14.1 Å². The molecule has 1 amide bonds. The normalized spacial score (nSPS) is 10.9. The van der Waals surface area contributed by atoms with Crippen molar-refractivity contribution in [3.05, 3.63) is 83.4 Å². The van der Waals surface area contributed by atoms with Gasteiger partial charge >= 0.3 is 0 Å². The van der Waals surface area contributed by atoms with Crippen LogP contribution in [0.5, 0.6) is 5.75 Å². The number of hydrogen-bond acceptors (Lipinski definition) is 4. The molecule has 29 heavy (non-hydrogen) atoms. The summed E-state index contributed by atoms with van der Waals surface area (Å²) in [5, 5.41) is 17.4. The maximum atomic E-state index is 13.3. The molecule has 2 aromatic carbocycles. The zero-order valence-corrected chi connectivity index (χ0v) is 15.9. The number of nitrogens with one attached hydrogen (secondary N) is 1. The van der Waals surface area contributed by atoms with Gasteiger partial charge < -0.3 is 15.0 Å². The summed E-state index contributed by atoms with van der Waals surface area (Å²) >= 11 is 6.30. The molecule has 0 aliphatic carbocycles. The van der Waals surface area contributed by atoms with Gasteiger partial charge in [-0.15, -0.1) is 0 Å². The Morgan fingerprint density at radius 3 is 2.69 bits per heavy atom. The molecule has 0 atom stereocenters. The monoisotopic (exact) mass is 411 g/mol. The lowest BCUT2D eigenvalue weighted by atomic mass is 10.2. The van der Waals surface area contributed by atoms with E-state index in [9.17, 15) is 14.3 Å². The number of benzene rings is 2. The van der Waals surface area contributed by atoms with Crippen molar-refractivity contribution in [2.75, 3.05) is 5.32 Å². The van der Waals surface area contributed by atoms with Crippen LogP contribution in [-0.2, 0) is 0 Å². The fourth-order valence-corrected chi connectivity index (χ4v) is 3.19. The highest BCUT2D eigenvalue weighted by Gasteiger charge is 2.18. The van der Waals surface area contributed by atoms with Crippen LogP contribution in [-0.4, -0.2) is 30.3 Å². The van der Waals surface area contributed by atoms with E-state index in [4.69, 9.17) is 11.6 Å². The van der Waals surface area contributed by atoms with Crippen molar-refractivity contribution in [3.63, 3.8) is 0 Å². The molecule has 2 heterocycles. The number of amides is 1. The molecule has 0 radical (unpaired) electrons. The minimum Gasteiger partial charge on any atom is -0.504 e. The average molecular weight is 412 g/mol. The summed E-state index contributed by atoms with van der Waals surface area (Å²) < 4.78 is 16.4. The van der Waals surface area contributed by atoms with E-state index in [2.05, 4.69) is 15.4 Å². The predicted octanol–water partition coefficient (Wildman–Crippen LogP) is 4.12. The zero-order valence-electron chi connectivity index (χ0n) is 15.2. The van der Waals surface area contributed by atoms with Crippen LogP contribution in [0.4, 0.5) is 10.1 Å². The molecule has 7 nitrogen and oxygen atoms in total. The van der Waals surface area contributed by atoms with E-state index < -0.39 is 5.91 Å². The van der Waals surface area contributed by atoms with Crippen LogP contribution in [0.1, 0.15) is 16.1 Å². The van der Waals surface area contributed by atoms with Crippen LogP contribution < -0.4 is 5.32 Å². The van der Waals surface area contributed by atoms with E-state index in [0.29, 0.717) is 27.6 Å². The standard InChI is InChI=1S/C20H15ClFN5O2/c1-12-8-13(22)2-4-16(12)27-10-18(28)19(25-27)20(29)24-14-3-5-17(15(21)9-14)26-7-6-23-11-26/h2-11,28H,1H3,(H,24,29). The van der Waals surface area contributed by atoms with Crippen LogP contribution in [0.2, 0.25) is 5.02 Å². The van der Waals surface area contributed by atoms with Gasteiger partial charge in [0.2, 0.25) is 0 Å². The zero-order chi connectivity index (χ0) is 20.5. The van der Waals surface area contributed by atoms with Gasteiger partial charge in [0, 0.05) is 18.1 Å². The number of hydrogen-bond donors (Lipinski definition) is 2. The smallest absolute Gasteiger partial charge is 0.280 e. The van der Waals surface area contributed by atoms with Crippen LogP contribution in [0.25, 0.3) is 11.4 Å². The van der Waals surface area contributed by atoms with Crippen molar-refractivity contribution in [2.45, 2.75) is 6.92 Å². The molecular formula is C20H15ClFN5O2. The molecule has 4 aromatic rings. The van der Waals surface area contributed by atoms with Gasteiger partial charge in [-0.05, 0) is 48.9 Å². The number of aromatic nitrogens is 4. The molecule has 0 unspecified atom stereocenters. The van der Waals surface area contributed by atoms with E-state index >= 15 is 0 Å². The molecule has 0 bridgehead atoms. The lowest BCUT2D eigenvalue weighted by molar-refractivity contribution is 0.101. The summed E-state index contributed by atoms with van der Waals surface area (Å²) in [7, 11) is 0. The van der Waals surface area contributed by atoms with Gasteiger partial charge in [-0.1, -0.05) is 11.6 Å². The number of nitrogens with zero attached hydrogens (tertiary/aromatic N) is 4. The number of aromatic hydroxyl groups is 1. The van der Waals surface area contributed by atoms with Crippen molar-refractivity contribution in [1.82, 2.24) is 19.3 Å². The number of anilines is 1. The molecule has 0 saturated heterocycles. The molecule has 0 saturated carbocycles. The predicted molar refractivity (Wildman–Crippen MR) is 106 cm³/mol. The van der Waals surface area contributed by atoms with Gasteiger partial charge in [0.05, 0.1) is 28.9 Å². The fraction of sp³-hybridized carbons (Fsp3) is 0.0500. The maximum Gasteiger partial charge on any atom is 0.280 e. The Balaban J connectivity index is 1.58.